The number of tetrazole rings is 1. The van der Waals surface area contributed by atoms with Crippen molar-refractivity contribution in [3.63, 3.8) is 0 Å². The minimum absolute atomic E-state index is 0.0713. The van der Waals surface area contributed by atoms with Crippen molar-refractivity contribution in [2.45, 2.75) is 13.0 Å². The van der Waals surface area contributed by atoms with Crippen LogP contribution in [0.25, 0.3) is 0 Å². The molecule has 0 spiro atoms. The average molecular weight is 293 g/mol. The van der Waals surface area contributed by atoms with Gasteiger partial charge in [0, 0.05) is 10.2 Å². The first kappa shape index (κ1) is 11.5. The monoisotopic (exact) mass is 292 g/mol. The summed E-state index contributed by atoms with van der Waals surface area (Å²) in [7, 11) is 0. The van der Waals surface area contributed by atoms with Crippen LogP contribution >= 0.6 is 15.9 Å². The molecule has 17 heavy (non-hydrogen) atoms. The molecule has 1 atom stereocenters. The van der Waals surface area contributed by atoms with Crippen LogP contribution < -0.4 is 5.32 Å². The summed E-state index contributed by atoms with van der Waals surface area (Å²) in [6.07, 6.45) is 0. The van der Waals surface area contributed by atoms with Crippen molar-refractivity contribution in [1.29, 1.82) is 5.26 Å². The number of aromatic amines is 1. The molecule has 2 aromatic rings. The minimum atomic E-state index is -0.0713. The number of hydrogen-bond donors (Lipinski definition) is 2. The van der Waals surface area contributed by atoms with E-state index in [1.165, 1.54) is 0 Å². The molecule has 2 N–H and O–H groups in total. The van der Waals surface area contributed by atoms with E-state index in [2.05, 4.69) is 47.9 Å². The summed E-state index contributed by atoms with van der Waals surface area (Å²) in [5.74, 6) is 0.584. The zero-order valence-corrected chi connectivity index (χ0v) is 10.6. The fourth-order valence-corrected chi connectivity index (χ4v) is 1.85. The Kier molecular flexibility index (Phi) is 3.35. The van der Waals surface area contributed by atoms with Crippen molar-refractivity contribution in [2.75, 3.05) is 5.32 Å². The molecular weight excluding hydrogens is 284 g/mol. The molecule has 0 saturated heterocycles. The number of benzene rings is 1. The minimum Gasteiger partial charge on any atom is -0.374 e. The molecule has 2 rings (SSSR count). The van der Waals surface area contributed by atoms with Crippen molar-refractivity contribution in [3.05, 3.63) is 34.1 Å². The summed E-state index contributed by atoms with van der Waals surface area (Å²) in [4.78, 5) is 0. The van der Waals surface area contributed by atoms with Gasteiger partial charge in [-0.05, 0) is 41.1 Å². The number of aromatic nitrogens is 4. The molecule has 0 radical (unpaired) electrons. The summed E-state index contributed by atoms with van der Waals surface area (Å²) < 4.78 is 0.826. The molecule has 0 bridgehead atoms. The largest absolute Gasteiger partial charge is 0.374 e. The number of nitrogens with one attached hydrogen (secondary N) is 2. The Labute approximate surface area is 106 Å². The molecule has 7 heteroatoms. The Balaban J connectivity index is 2.17. The third kappa shape index (κ3) is 2.60. The molecule has 0 fully saturated rings. The van der Waals surface area contributed by atoms with Crippen LogP contribution in [0.4, 0.5) is 5.69 Å². The second-order valence-electron chi connectivity index (χ2n) is 3.44. The molecule has 0 aliphatic carbocycles. The van der Waals surface area contributed by atoms with E-state index in [0.717, 1.165) is 10.2 Å². The lowest BCUT2D eigenvalue weighted by molar-refractivity contribution is 0.793. The Bertz CT molecular complexity index is 544. The van der Waals surface area contributed by atoms with Crippen molar-refractivity contribution >= 4 is 21.6 Å². The van der Waals surface area contributed by atoms with Crippen LogP contribution in [-0.2, 0) is 0 Å². The summed E-state index contributed by atoms with van der Waals surface area (Å²) in [5, 5.41) is 25.7. The van der Waals surface area contributed by atoms with E-state index < -0.39 is 0 Å². The molecular formula is C10H9BrN6. The van der Waals surface area contributed by atoms with Gasteiger partial charge in [0.1, 0.15) is 0 Å². The van der Waals surface area contributed by atoms with E-state index in [0.29, 0.717) is 11.4 Å². The van der Waals surface area contributed by atoms with E-state index in [-0.39, 0.29) is 6.04 Å². The first-order valence-electron chi connectivity index (χ1n) is 4.90. The van der Waals surface area contributed by atoms with Gasteiger partial charge in [-0.2, -0.15) is 10.5 Å². The van der Waals surface area contributed by atoms with E-state index in [4.69, 9.17) is 5.26 Å². The second-order valence-corrected chi connectivity index (χ2v) is 4.30. The van der Waals surface area contributed by atoms with Gasteiger partial charge < -0.3 is 5.32 Å². The van der Waals surface area contributed by atoms with Gasteiger partial charge in [0.2, 0.25) is 0 Å². The molecule has 86 valence electrons. The molecule has 1 aromatic carbocycles. The highest BCUT2D eigenvalue weighted by atomic mass is 79.9. The van der Waals surface area contributed by atoms with E-state index in [9.17, 15) is 0 Å². The van der Waals surface area contributed by atoms with Crippen LogP contribution in [-0.4, -0.2) is 20.6 Å². The smallest absolute Gasteiger partial charge is 0.196 e. The highest BCUT2D eigenvalue weighted by Gasteiger charge is 2.11. The first-order valence-corrected chi connectivity index (χ1v) is 5.69. The van der Waals surface area contributed by atoms with Crippen LogP contribution in [0.5, 0.6) is 0 Å². The quantitative estimate of drug-likeness (QED) is 0.903. The molecule has 0 saturated carbocycles. The maximum Gasteiger partial charge on any atom is 0.196 e. The SMILES string of the molecule is CC(Nc1ccc(C#N)cc1Br)c1nn[nH]n1. The highest BCUT2D eigenvalue weighted by molar-refractivity contribution is 9.10. The summed E-state index contributed by atoms with van der Waals surface area (Å²) in [5.41, 5.74) is 1.48. The molecule has 0 aliphatic rings. The zero-order valence-electron chi connectivity index (χ0n) is 8.98. The molecule has 0 aliphatic heterocycles. The lowest BCUT2D eigenvalue weighted by Crippen LogP contribution is -2.09. The maximum atomic E-state index is 8.76. The van der Waals surface area contributed by atoms with Crippen molar-refractivity contribution in [1.82, 2.24) is 20.6 Å². The maximum absolute atomic E-state index is 8.76. The van der Waals surface area contributed by atoms with E-state index in [1.54, 1.807) is 12.1 Å². The molecule has 0 amide bonds. The number of hydrogen-bond acceptors (Lipinski definition) is 5. The number of nitriles is 1. The van der Waals surface area contributed by atoms with Crippen molar-refractivity contribution in [2.24, 2.45) is 0 Å². The van der Waals surface area contributed by atoms with Crippen molar-refractivity contribution in [3.8, 4) is 6.07 Å². The normalized spacial score (nSPS) is 11.8. The van der Waals surface area contributed by atoms with Gasteiger partial charge in [0.05, 0.1) is 17.7 Å². The van der Waals surface area contributed by atoms with Crippen molar-refractivity contribution < 1.29 is 0 Å². The van der Waals surface area contributed by atoms with Gasteiger partial charge in [0.25, 0.3) is 0 Å². The molecule has 1 unspecified atom stereocenters. The van der Waals surface area contributed by atoms with Gasteiger partial charge in [-0.1, -0.05) is 5.21 Å². The molecule has 6 nitrogen and oxygen atoms in total. The van der Waals surface area contributed by atoms with E-state index >= 15 is 0 Å². The van der Waals surface area contributed by atoms with Gasteiger partial charge >= 0.3 is 0 Å². The standard InChI is InChI=1S/C10H9BrN6/c1-6(10-14-16-17-15-10)13-9-3-2-7(5-12)4-8(9)11/h2-4,6,13H,1H3,(H,14,15,16,17). The van der Waals surface area contributed by atoms with Gasteiger partial charge in [-0.3, -0.25) is 0 Å². The number of H-pyrrole nitrogens is 1. The number of rotatable bonds is 3. The zero-order chi connectivity index (χ0) is 12.3. The fourth-order valence-electron chi connectivity index (χ4n) is 1.35. The number of halogens is 1. The van der Waals surface area contributed by atoms with Gasteiger partial charge in [0.15, 0.2) is 5.82 Å². The Morgan fingerprint density at radius 3 is 2.94 bits per heavy atom. The van der Waals surface area contributed by atoms with E-state index in [1.807, 2.05) is 13.0 Å². The van der Waals surface area contributed by atoms with Crippen LogP contribution in [0.2, 0.25) is 0 Å². The Morgan fingerprint density at radius 2 is 2.35 bits per heavy atom. The van der Waals surface area contributed by atoms with Crippen LogP contribution in [0, 0.1) is 11.3 Å². The summed E-state index contributed by atoms with van der Waals surface area (Å²) >= 11 is 3.40. The molecule has 1 heterocycles. The molecule has 1 aromatic heterocycles. The predicted molar refractivity (Wildman–Crippen MR) is 65.1 cm³/mol. The second kappa shape index (κ2) is 4.93. The van der Waals surface area contributed by atoms with Crippen LogP contribution in [0.3, 0.4) is 0 Å². The van der Waals surface area contributed by atoms with Crippen LogP contribution in [0.1, 0.15) is 24.4 Å². The number of nitrogens with zero attached hydrogens (tertiary/aromatic N) is 4. The Morgan fingerprint density at radius 1 is 1.53 bits per heavy atom. The lowest BCUT2D eigenvalue weighted by Gasteiger charge is -2.13. The van der Waals surface area contributed by atoms with Gasteiger partial charge in [-0.25, -0.2) is 0 Å². The summed E-state index contributed by atoms with van der Waals surface area (Å²) in [6, 6.07) is 7.34. The first-order chi connectivity index (χ1) is 8.20. The average Bonchev–Trinajstić information content (AvgIpc) is 2.85. The third-order valence-corrected chi connectivity index (χ3v) is 2.88. The fraction of sp³-hybridized carbons (Fsp3) is 0.200. The topological polar surface area (TPSA) is 90.3 Å². The third-order valence-electron chi connectivity index (χ3n) is 2.22. The summed E-state index contributed by atoms with van der Waals surface area (Å²) in [6.45, 7) is 1.93. The highest BCUT2D eigenvalue weighted by Crippen LogP contribution is 2.26. The lowest BCUT2D eigenvalue weighted by atomic mass is 10.2. The van der Waals surface area contributed by atoms with Crippen LogP contribution in [0.15, 0.2) is 22.7 Å². The Hall–Kier alpha value is -1.94. The predicted octanol–water partition coefficient (Wildman–Crippen LogP) is 2.01. The van der Waals surface area contributed by atoms with Gasteiger partial charge in [-0.15, -0.1) is 10.2 Å². The number of anilines is 1.